The standard InChI is InChI=1S/C34H33BrFN3O4/c35-29-13-6-4-12-27(29)23-34(33(41)39-37-20-19-24-9-5-7-14-30(24)36)31(25-10-2-1-3-11-25)43-32(38-34)26-15-17-28(18-16-26)42-22-8-21-40/h1-7,9-18,31,37,40H,8,19-23H2,(H,39,41)/t31-,34-/m0/s1. The van der Waals surface area contributed by atoms with Gasteiger partial charge in [-0.25, -0.2) is 14.8 Å². The van der Waals surface area contributed by atoms with Gasteiger partial charge in [0.2, 0.25) is 5.90 Å². The van der Waals surface area contributed by atoms with Crippen molar-refractivity contribution in [1.82, 2.24) is 10.9 Å². The first-order chi connectivity index (χ1) is 21.0. The molecule has 0 aromatic heterocycles. The van der Waals surface area contributed by atoms with Gasteiger partial charge < -0.3 is 14.6 Å². The highest BCUT2D eigenvalue weighted by atomic mass is 79.9. The number of aliphatic imine (C=N–C) groups is 1. The fourth-order valence-electron chi connectivity index (χ4n) is 4.99. The Kier molecular flexibility index (Phi) is 10.2. The van der Waals surface area contributed by atoms with Gasteiger partial charge in [0.25, 0.3) is 5.91 Å². The van der Waals surface area contributed by atoms with Crippen molar-refractivity contribution in [2.24, 2.45) is 4.99 Å². The lowest BCUT2D eigenvalue weighted by molar-refractivity contribution is -0.130. The van der Waals surface area contributed by atoms with Crippen molar-refractivity contribution in [3.63, 3.8) is 0 Å². The van der Waals surface area contributed by atoms with Gasteiger partial charge in [-0.05, 0) is 59.5 Å². The summed E-state index contributed by atoms with van der Waals surface area (Å²) in [5.41, 5.74) is 7.42. The second-order valence-electron chi connectivity index (χ2n) is 10.2. The molecule has 1 aliphatic rings. The minimum atomic E-state index is -1.37. The average Bonchev–Trinajstić information content (AvgIpc) is 3.42. The molecule has 0 spiro atoms. The van der Waals surface area contributed by atoms with E-state index < -0.39 is 11.6 Å². The number of carbonyl (C=O) groups is 1. The van der Waals surface area contributed by atoms with Gasteiger partial charge in [0.15, 0.2) is 11.6 Å². The Labute approximate surface area is 258 Å². The van der Waals surface area contributed by atoms with Crippen LogP contribution >= 0.6 is 15.9 Å². The van der Waals surface area contributed by atoms with E-state index in [1.54, 1.807) is 18.2 Å². The minimum Gasteiger partial charge on any atom is -0.494 e. The average molecular weight is 647 g/mol. The third-order valence-electron chi connectivity index (χ3n) is 7.23. The Morgan fingerprint density at radius 1 is 0.953 bits per heavy atom. The van der Waals surface area contributed by atoms with Gasteiger partial charge in [-0.15, -0.1) is 0 Å². The van der Waals surface area contributed by atoms with E-state index >= 15 is 0 Å². The second kappa shape index (κ2) is 14.4. The fourth-order valence-corrected chi connectivity index (χ4v) is 5.42. The van der Waals surface area contributed by atoms with Crippen LogP contribution in [0.4, 0.5) is 4.39 Å². The number of hydrogen-bond acceptors (Lipinski definition) is 6. The molecule has 5 rings (SSSR count). The third kappa shape index (κ3) is 7.30. The number of amides is 1. The molecule has 1 heterocycles. The Balaban J connectivity index is 1.47. The molecule has 9 heteroatoms. The predicted molar refractivity (Wildman–Crippen MR) is 167 cm³/mol. The minimum absolute atomic E-state index is 0.0588. The summed E-state index contributed by atoms with van der Waals surface area (Å²) in [5.74, 6) is 0.342. The van der Waals surface area contributed by atoms with E-state index in [0.717, 1.165) is 15.6 Å². The van der Waals surface area contributed by atoms with Gasteiger partial charge in [-0.2, -0.15) is 0 Å². The number of aliphatic hydroxyl groups is 1. The van der Waals surface area contributed by atoms with Gasteiger partial charge in [-0.3, -0.25) is 10.2 Å². The monoisotopic (exact) mass is 645 g/mol. The van der Waals surface area contributed by atoms with E-state index in [9.17, 15) is 9.18 Å². The molecule has 0 bridgehead atoms. The maximum absolute atomic E-state index is 14.2. The number of hydrogen-bond donors (Lipinski definition) is 3. The quantitative estimate of drug-likeness (QED) is 0.128. The molecule has 0 aliphatic carbocycles. The lowest BCUT2D eigenvalue weighted by Crippen LogP contribution is -2.54. The Hall–Kier alpha value is -4.05. The lowest BCUT2D eigenvalue weighted by atomic mass is 9.82. The summed E-state index contributed by atoms with van der Waals surface area (Å²) in [6.07, 6.45) is 0.451. The molecule has 0 radical (unpaired) electrons. The molecule has 222 valence electrons. The molecule has 0 fully saturated rings. The van der Waals surface area contributed by atoms with Crippen LogP contribution in [0.15, 0.2) is 113 Å². The number of rotatable bonds is 13. The van der Waals surface area contributed by atoms with Crippen LogP contribution in [0.2, 0.25) is 0 Å². The summed E-state index contributed by atoms with van der Waals surface area (Å²) in [6, 6.07) is 31.2. The summed E-state index contributed by atoms with van der Waals surface area (Å²) < 4.78 is 27.2. The van der Waals surface area contributed by atoms with Crippen molar-refractivity contribution < 1.29 is 23.8 Å². The van der Waals surface area contributed by atoms with Crippen molar-refractivity contribution in [3.8, 4) is 5.75 Å². The topological polar surface area (TPSA) is 92.2 Å². The maximum Gasteiger partial charge on any atom is 0.266 e. The molecule has 2 atom stereocenters. The zero-order valence-corrected chi connectivity index (χ0v) is 25.1. The number of benzene rings is 4. The van der Waals surface area contributed by atoms with Crippen LogP contribution in [0.25, 0.3) is 0 Å². The summed E-state index contributed by atoms with van der Waals surface area (Å²) in [5, 5.41) is 9.03. The van der Waals surface area contributed by atoms with E-state index in [4.69, 9.17) is 19.6 Å². The van der Waals surface area contributed by atoms with E-state index in [-0.39, 0.29) is 24.8 Å². The van der Waals surface area contributed by atoms with Gasteiger partial charge in [0.1, 0.15) is 11.6 Å². The first kappa shape index (κ1) is 30.4. The highest BCUT2D eigenvalue weighted by molar-refractivity contribution is 9.10. The number of ether oxygens (including phenoxy) is 2. The summed E-state index contributed by atoms with van der Waals surface area (Å²) in [4.78, 5) is 19.3. The molecular weight excluding hydrogens is 613 g/mol. The highest BCUT2D eigenvalue weighted by Crippen LogP contribution is 2.43. The van der Waals surface area contributed by atoms with Gasteiger partial charge in [-0.1, -0.05) is 82.7 Å². The van der Waals surface area contributed by atoms with Crippen LogP contribution in [0.1, 0.15) is 34.8 Å². The zero-order chi connectivity index (χ0) is 30.1. The predicted octanol–water partition coefficient (Wildman–Crippen LogP) is 5.71. The van der Waals surface area contributed by atoms with E-state index in [2.05, 4.69) is 26.8 Å². The van der Waals surface area contributed by atoms with Crippen molar-refractivity contribution >= 4 is 27.7 Å². The number of nitrogens with zero attached hydrogens (tertiary/aromatic N) is 1. The molecule has 0 saturated heterocycles. The molecule has 0 unspecified atom stereocenters. The third-order valence-corrected chi connectivity index (χ3v) is 8.00. The number of hydrazine groups is 1. The first-order valence-corrected chi connectivity index (χ1v) is 14.9. The molecule has 0 saturated carbocycles. The lowest BCUT2D eigenvalue weighted by Gasteiger charge is -2.31. The van der Waals surface area contributed by atoms with Crippen molar-refractivity contribution in [2.45, 2.75) is 30.9 Å². The van der Waals surface area contributed by atoms with E-state index in [1.807, 2.05) is 78.9 Å². The molecular formula is C34H33BrFN3O4. The molecule has 7 nitrogen and oxygen atoms in total. The van der Waals surface area contributed by atoms with Crippen molar-refractivity contribution in [2.75, 3.05) is 19.8 Å². The molecule has 4 aromatic carbocycles. The Bertz CT molecular complexity index is 1550. The van der Waals surface area contributed by atoms with Gasteiger partial charge in [0, 0.05) is 36.0 Å². The molecule has 1 aliphatic heterocycles. The maximum atomic E-state index is 14.2. The van der Waals surface area contributed by atoms with Crippen LogP contribution in [0.3, 0.4) is 0 Å². The van der Waals surface area contributed by atoms with Crippen molar-refractivity contribution in [1.29, 1.82) is 0 Å². The normalized spacial score (nSPS) is 17.7. The van der Waals surface area contributed by atoms with Gasteiger partial charge in [0.05, 0.1) is 6.61 Å². The largest absolute Gasteiger partial charge is 0.494 e. The summed E-state index contributed by atoms with van der Waals surface area (Å²) in [7, 11) is 0. The second-order valence-corrected chi connectivity index (χ2v) is 11.0. The SMILES string of the molecule is O=C(NNCCc1ccccc1F)[C@@]1(Cc2ccccc2Br)N=C(c2ccc(OCCCO)cc2)O[C@H]1c1ccccc1. The molecule has 1 amide bonds. The smallest absolute Gasteiger partial charge is 0.266 e. The number of aliphatic hydroxyl groups excluding tert-OH is 1. The molecule has 43 heavy (non-hydrogen) atoms. The van der Waals surface area contributed by atoms with Crippen molar-refractivity contribution in [3.05, 3.63) is 136 Å². The Morgan fingerprint density at radius 3 is 2.37 bits per heavy atom. The number of halogens is 2. The molecule has 4 aromatic rings. The van der Waals surface area contributed by atoms with Crippen LogP contribution in [0.5, 0.6) is 5.75 Å². The van der Waals surface area contributed by atoms with Crippen LogP contribution in [-0.2, 0) is 22.4 Å². The summed E-state index contributed by atoms with van der Waals surface area (Å²) in [6.45, 7) is 0.786. The van der Waals surface area contributed by atoms with Gasteiger partial charge >= 0.3 is 0 Å². The fraction of sp³-hybridized carbons (Fsp3) is 0.235. The number of carbonyl (C=O) groups excluding carboxylic acids is 1. The van der Waals surface area contributed by atoms with E-state index in [0.29, 0.717) is 48.8 Å². The summed E-state index contributed by atoms with van der Waals surface area (Å²) >= 11 is 3.64. The van der Waals surface area contributed by atoms with Crippen LogP contribution in [0, 0.1) is 5.82 Å². The van der Waals surface area contributed by atoms with Crippen LogP contribution < -0.4 is 15.6 Å². The molecule has 3 N–H and O–H groups in total. The first-order valence-electron chi connectivity index (χ1n) is 14.2. The van der Waals surface area contributed by atoms with E-state index in [1.165, 1.54) is 6.07 Å². The number of nitrogens with one attached hydrogen (secondary N) is 2. The highest BCUT2D eigenvalue weighted by Gasteiger charge is 2.53. The van der Waals surface area contributed by atoms with Crippen LogP contribution in [-0.4, -0.2) is 42.2 Å². The zero-order valence-electron chi connectivity index (χ0n) is 23.5. The Morgan fingerprint density at radius 2 is 1.65 bits per heavy atom.